The van der Waals surface area contributed by atoms with Gasteiger partial charge in [0, 0.05) is 23.7 Å². The summed E-state index contributed by atoms with van der Waals surface area (Å²) in [7, 11) is 1.77. The predicted molar refractivity (Wildman–Crippen MR) is 125 cm³/mol. The van der Waals surface area contributed by atoms with Gasteiger partial charge in [-0.15, -0.1) is 0 Å². The van der Waals surface area contributed by atoms with Gasteiger partial charge in [0.2, 0.25) is 5.91 Å². The van der Waals surface area contributed by atoms with Gasteiger partial charge in [0.1, 0.15) is 0 Å². The van der Waals surface area contributed by atoms with Crippen molar-refractivity contribution in [3.8, 4) is 11.3 Å². The van der Waals surface area contributed by atoms with Gasteiger partial charge in [-0.3, -0.25) is 14.2 Å². The number of carbonyl (C=O) groups is 1. The third-order valence-corrected chi connectivity index (χ3v) is 7.56. The molecule has 0 radical (unpaired) electrons. The minimum atomic E-state index is -0.115. The van der Waals surface area contributed by atoms with Crippen LogP contribution >= 0.6 is 11.8 Å². The van der Waals surface area contributed by atoms with E-state index in [4.69, 9.17) is 4.98 Å². The van der Waals surface area contributed by atoms with Gasteiger partial charge in [-0.25, -0.2) is 4.98 Å². The third kappa shape index (κ3) is 3.59. The minimum absolute atomic E-state index is 0.0346. The van der Waals surface area contributed by atoms with Crippen molar-refractivity contribution >= 4 is 23.4 Å². The summed E-state index contributed by atoms with van der Waals surface area (Å²) in [6.07, 6.45) is 5.30. The van der Waals surface area contributed by atoms with Gasteiger partial charge in [0.05, 0.1) is 17.0 Å². The summed E-state index contributed by atoms with van der Waals surface area (Å²) in [5.74, 6) is 0.0802. The molecule has 2 aliphatic rings. The largest absolute Gasteiger partial charge is 0.325 e. The van der Waals surface area contributed by atoms with E-state index in [2.05, 4.69) is 23.5 Å². The molecule has 31 heavy (non-hydrogen) atoms. The molecule has 0 atom stereocenters. The molecule has 1 heterocycles. The fraction of sp³-hybridized carbons (Fsp3) is 0.320. The molecule has 0 unspecified atom stereocenters. The summed E-state index contributed by atoms with van der Waals surface area (Å²) in [6, 6.07) is 17.7. The molecule has 158 valence electrons. The van der Waals surface area contributed by atoms with Crippen molar-refractivity contribution in [2.75, 3.05) is 11.1 Å². The second-order valence-corrected chi connectivity index (χ2v) is 9.45. The highest BCUT2D eigenvalue weighted by atomic mass is 32.2. The van der Waals surface area contributed by atoms with Crippen molar-refractivity contribution in [3.63, 3.8) is 0 Å². The number of fused-ring (bicyclic) bond motifs is 4. The molecule has 1 aromatic heterocycles. The molecule has 6 heteroatoms. The van der Waals surface area contributed by atoms with Crippen LogP contribution < -0.4 is 10.9 Å². The Balaban J connectivity index is 1.49. The molecule has 3 aromatic rings. The van der Waals surface area contributed by atoms with Gasteiger partial charge in [0.25, 0.3) is 5.56 Å². The average Bonchev–Trinajstić information content (AvgIpc) is 3.24. The van der Waals surface area contributed by atoms with E-state index in [0.29, 0.717) is 5.16 Å². The highest BCUT2D eigenvalue weighted by molar-refractivity contribution is 7.99. The highest BCUT2D eigenvalue weighted by Crippen LogP contribution is 2.49. The maximum absolute atomic E-state index is 13.5. The number of thioether (sulfide) groups is 1. The molecule has 1 spiro atoms. The van der Waals surface area contributed by atoms with E-state index in [1.165, 1.54) is 17.3 Å². The van der Waals surface area contributed by atoms with Crippen LogP contribution in [-0.4, -0.2) is 21.2 Å². The van der Waals surface area contributed by atoms with E-state index in [1.807, 2.05) is 36.4 Å². The predicted octanol–water partition coefficient (Wildman–Crippen LogP) is 4.55. The lowest BCUT2D eigenvalue weighted by molar-refractivity contribution is -0.113. The van der Waals surface area contributed by atoms with Crippen LogP contribution in [0.4, 0.5) is 5.69 Å². The highest BCUT2D eigenvalue weighted by Gasteiger charge is 2.44. The van der Waals surface area contributed by atoms with Crippen LogP contribution in [0.25, 0.3) is 11.3 Å². The molecule has 5 nitrogen and oxygen atoms in total. The lowest BCUT2D eigenvalue weighted by atomic mass is 9.68. The number of hydrogen-bond donors (Lipinski definition) is 1. The number of amides is 1. The molecular formula is C25H25N3O2S. The topological polar surface area (TPSA) is 64.0 Å². The summed E-state index contributed by atoms with van der Waals surface area (Å²) in [5, 5.41) is 3.47. The number of anilines is 1. The van der Waals surface area contributed by atoms with Crippen LogP contribution in [0.1, 0.15) is 36.8 Å². The van der Waals surface area contributed by atoms with Gasteiger partial charge in [-0.05, 0) is 37.0 Å². The molecule has 5 rings (SSSR count). The second-order valence-electron chi connectivity index (χ2n) is 8.51. The number of nitrogens with zero attached hydrogens (tertiary/aromatic N) is 2. The van der Waals surface area contributed by atoms with Crippen molar-refractivity contribution in [3.05, 3.63) is 76.1 Å². The number of rotatable bonds is 4. The van der Waals surface area contributed by atoms with Crippen molar-refractivity contribution in [1.82, 2.24) is 9.55 Å². The standard InChI is InChI=1S/C25H25N3O2S/c1-28-23(30)21-22(19-12-6-5-9-17(19)15-25(21)13-7-8-14-25)27-24(28)31-16-20(29)26-18-10-3-2-4-11-18/h2-6,9-12H,7-8,13-16H2,1H3,(H,26,29). The Hall–Kier alpha value is -2.86. The minimum Gasteiger partial charge on any atom is -0.325 e. The number of benzene rings is 2. The zero-order valence-corrected chi connectivity index (χ0v) is 18.4. The van der Waals surface area contributed by atoms with Gasteiger partial charge >= 0.3 is 0 Å². The molecule has 1 saturated carbocycles. The third-order valence-electron chi connectivity index (χ3n) is 6.53. The van der Waals surface area contributed by atoms with Crippen molar-refractivity contribution in [1.29, 1.82) is 0 Å². The van der Waals surface area contributed by atoms with Gasteiger partial charge < -0.3 is 5.32 Å². The molecule has 0 aliphatic heterocycles. The fourth-order valence-corrected chi connectivity index (χ4v) is 5.83. The molecule has 1 N–H and O–H groups in total. The fourth-order valence-electron chi connectivity index (χ4n) is 5.07. The SMILES string of the molecule is Cn1c(SCC(=O)Nc2ccccc2)nc2c(c1=O)C1(CCCC1)Cc1ccccc1-2. The summed E-state index contributed by atoms with van der Waals surface area (Å²) in [6.45, 7) is 0. The Kier molecular flexibility index (Phi) is 5.18. The van der Waals surface area contributed by atoms with Crippen molar-refractivity contribution in [2.24, 2.45) is 7.05 Å². The molecule has 0 bridgehead atoms. The van der Waals surface area contributed by atoms with E-state index >= 15 is 0 Å². The van der Waals surface area contributed by atoms with Gasteiger partial charge in [-0.2, -0.15) is 0 Å². The number of aromatic nitrogens is 2. The maximum Gasteiger partial charge on any atom is 0.258 e. The lowest BCUT2D eigenvalue weighted by Crippen LogP contribution is -2.39. The van der Waals surface area contributed by atoms with Gasteiger partial charge in [0.15, 0.2) is 5.16 Å². The van der Waals surface area contributed by atoms with Crippen LogP contribution in [0.5, 0.6) is 0 Å². The Morgan fingerprint density at radius 1 is 1.10 bits per heavy atom. The Bertz CT molecular complexity index is 1200. The lowest BCUT2D eigenvalue weighted by Gasteiger charge is -2.36. The zero-order valence-electron chi connectivity index (χ0n) is 17.6. The first-order chi connectivity index (χ1) is 15.1. The first kappa shape index (κ1) is 20.1. The molecule has 2 aliphatic carbocycles. The van der Waals surface area contributed by atoms with E-state index in [9.17, 15) is 9.59 Å². The van der Waals surface area contributed by atoms with E-state index in [1.54, 1.807) is 11.6 Å². The normalized spacial score (nSPS) is 16.0. The molecule has 2 aromatic carbocycles. The van der Waals surface area contributed by atoms with Gasteiger partial charge in [-0.1, -0.05) is 67.1 Å². The number of nitrogens with one attached hydrogen (secondary N) is 1. The molecule has 1 amide bonds. The van der Waals surface area contributed by atoms with E-state index < -0.39 is 0 Å². The Morgan fingerprint density at radius 3 is 2.58 bits per heavy atom. The summed E-state index contributed by atoms with van der Waals surface area (Å²) < 4.78 is 1.63. The van der Waals surface area contributed by atoms with Crippen LogP contribution in [0.15, 0.2) is 64.5 Å². The monoisotopic (exact) mass is 431 g/mol. The van der Waals surface area contributed by atoms with Crippen molar-refractivity contribution in [2.45, 2.75) is 42.7 Å². The van der Waals surface area contributed by atoms with Crippen LogP contribution in [0, 0.1) is 0 Å². The Morgan fingerprint density at radius 2 is 1.81 bits per heavy atom. The maximum atomic E-state index is 13.5. The number of hydrogen-bond acceptors (Lipinski definition) is 4. The summed E-state index contributed by atoms with van der Waals surface area (Å²) in [5.41, 5.74) is 4.73. The summed E-state index contributed by atoms with van der Waals surface area (Å²) >= 11 is 1.31. The second kappa shape index (κ2) is 8.00. The van der Waals surface area contributed by atoms with E-state index in [0.717, 1.165) is 54.6 Å². The molecular weight excluding hydrogens is 406 g/mol. The number of para-hydroxylation sites is 1. The quantitative estimate of drug-likeness (QED) is 0.486. The number of carbonyl (C=O) groups excluding carboxylic acids is 1. The van der Waals surface area contributed by atoms with E-state index in [-0.39, 0.29) is 22.6 Å². The Labute approximate surface area is 185 Å². The zero-order chi connectivity index (χ0) is 21.4. The molecule has 1 fully saturated rings. The molecule has 0 saturated heterocycles. The van der Waals surface area contributed by atoms with Crippen LogP contribution in [0.3, 0.4) is 0 Å². The van der Waals surface area contributed by atoms with Crippen LogP contribution in [-0.2, 0) is 23.7 Å². The van der Waals surface area contributed by atoms with Crippen molar-refractivity contribution < 1.29 is 4.79 Å². The summed E-state index contributed by atoms with van der Waals surface area (Å²) in [4.78, 5) is 30.9. The first-order valence-corrected chi connectivity index (χ1v) is 11.7. The van der Waals surface area contributed by atoms with Crippen LogP contribution in [0.2, 0.25) is 0 Å². The smallest absolute Gasteiger partial charge is 0.258 e. The first-order valence-electron chi connectivity index (χ1n) is 10.7. The average molecular weight is 432 g/mol.